The topological polar surface area (TPSA) is 34.1 Å². The summed E-state index contributed by atoms with van der Waals surface area (Å²) >= 11 is 0. The van der Waals surface area contributed by atoms with E-state index in [0.717, 1.165) is 18.5 Å². The van der Waals surface area contributed by atoms with E-state index in [1.807, 2.05) is 26.1 Å². The fourth-order valence-corrected chi connectivity index (χ4v) is 1.04. The zero-order valence-electron chi connectivity index (χ0n) is 9.21. The Hall–Kier alpha value is -1.53. The highest BCUT2D eigenvalue weighted by Gasteiger charge is 1.92. The molecule has 0 spiro atoms. The SMILES string of the molecule is CCOc1ccc(C#CCCNC)cn1. The molecular weight excluding hydrogens is 188 g/mol. The quantitative estimate of drug-likeness (QED) is 0.595. The summed E-state index contributed by atoms with van der Waals surface area (Å²) in [7, 11) is 1.92. The molecule has 15 heavy (non-hydrogen) atoms. The lowest BCUT2D eigenvalue weighted by Gasteiger charge is -1.99. The van der Waals surface area contributed by atoms with Crippen LogP contribution >= 0.6 is 0 Å². The molecule has 0 unspecified atom stereocenters. The van der Waals surface area contributed by atoms with E-state index in [1.54, 1.807) is 6.20 Å². The fraction of sp³-hybridized carbons (Fsp3) is 0.417. The lowest BCUT2D eigenvalue weighted by atomic mass is 10.3. The Balaban J connectivity index is 2.51. The van der Waals surface area contributed by atoms with Gasteiger partial charge in [-0.05, 0) is 20.0 Å². The lowest BCUT2D eigenvalue weighted by Crippen LogP contribution is -2.05. The van der Waals surface area contributed by atoms with Crippen LogP contribution in [0, 0.1) is 11.8 Å². The predicted molar refractivity (Wildman–Crippen MR) is 60.8 cm³/mol. The molecule has 1 heterocycles. The van der Waals surface area contributed by atoms with Crippen molar-refractivity contribution in [2.75, 3.05) is 20.2 Å². The fourth-order valence-electron chi connectivity index (χ4n) is 1.04. The van der Waals surface area contributed by atoms with Gasteiger partial charge < -0.3 is 10.1 Å². The van der Waals surface area contributed by atoms with Crippen LogP contribution in [0.1, 0.15) is 18.9 Å². The first-order chi connectivity index (χ1) is 7.36. The van der Waals surface area contributed by atoms with Gasteiger partial charge in [0, 0.05) is 30.8 Å². The van der Waals surface area contributed by atoms with Crippen molar-refractivity contribution in [3.63, 3.8) is 0 Å². The maximum atomic E-state index is 5.23. The molecule has 0 saturated heterocycles. The maximum absolute atomic E-state index is 5.23. The van der Waals surface area contributed by atoms with Crippen LogP contribution in [-0.2, 0) is 0 Å². The van der Waals surface area contributed by atoms with E-state index in [9.17, 15) is 0 Å². The summed E-state index contributed by atoms with van der Waals surface area (Å²) in [6.07, 6.45) is 2.58. The van der Waals surface area contributed by atoms with Crippen molar-refractivity contribution in [1.29, 1.82) is 0 Å². The molecule has 1 N–H and O–H groups in total. The van der Waals surface area contributed by atoms with Crippen LogP contribution in [0.25, 0.3) is 0 Å². The van der Waals surface area contributed by atoms with Gasteiger partial charge in [-0.2, -0.15) is 0 Å². The first kappa shape index (κ1) is 11.5. The van der Waals surface area contributed by atoms with Gasteiger partial charge in [-0.15, -0.1) is 0 Å². The predicted octanol–water partition coefficient (Wildman–Crippen LogP) is 1.44. The number of rotatable bonds is 4. The van der Waals surface area contributed by atoms with E-state index >= 15 is 0 Å². The van der Waals surface area contributed by atoms with Gasteiger partial charge >= 0.3 is 0 Å². The van der Waals surface area contributed by atoms with E-state index in [-0.39, 0.29) is 0 Å². The molecule has 0 aliphatic carbocycles. The van der Waals surface area contributed by atoms with Gasteiger partial charge in [0.2, 0.25) is 5.88 Å². The van der Waals surface area contributed by atoms with Crippen LogP contribution in [0.5, 0.6) is 5.88 Å². The maximum Gasteiger partial charge on any atom is 0.213 e. The zero-order chi connectivity index (χ0) is 10.9. The van der Waals surface area contributed by atoms with Crippen molar-refractivity contribution in [2.24, 2.45) is 0 Å². The smallest absolute Gasteiger partial charge is 0.213 e. The summed E-state index contributed by atoms with van der Waals surface area (Å²) in [5.41, 5.74) is 0.926. The number of pyridine rings is 1. The summed E-state index contributed by atoms with van der Waals surface area (Å²) in [6, 6.07) is 3.76. The molecule has 0 bridgehead atoms. The molecule has 1 rings (SSSR count). The van der Waals surface area contributed by atoms with E-state index in [2.05, 4.69) is 22.1 Å². The minimum absolute atomic E-state index is 0.639. The van der Waals surface area contributed by atoms with Gasteiger partial charge in [-0.3, -0.25) is 0 Å². The molecule has 0 amide bonds. The average molecular weight is 204 g/mol. The Bertz CT molecular complexity index is 335. The van der Waals surface area contributed by atoms with Crippen molar-refractivity contribution < 1.29 is 4.74 Å². The Labute approximate surface area is 90.9 Å². The van der Waals surface area contributed by atoms with Gasteiger partial charge in [-0.25, -0.2) is 4.98 Å². The third-order valence-corrected chi connectivity index (χ3v) is 1.76. The lowest BCUT2D eigenvalue weighted by molar-refractivity contribution is 0.327. The third kappa shape index (κ3) is 4.48. The Morgan fingerprint density at radius 1 is 1.47 bits per heavy atom. The molecule has 0 aliphatic rings. The largest absolute Gasteiger partial charge is 0.478 e. The van der Waals surface area contributed by atoms with Crippen LogP contribution in [0.15, 0.2) is 18.3 Å². The molecular formula is C12H16N2O. The number of hydrogen-bond acceptors (Lipinski definition) is 3. The number of nitrogens with zero attached hydrogens (tertiary/aromatic N) is 1. The van der Waals surface area contributed by atoms with Crippen LogP contribution < -0.4 is 10.1 Å². The summed E-state index contributed by atoms with van der Waals surface area (Å²) in [6.45, 7) is 3.49. The normalized spacial score (nSPS) is 9.20. The van der Waals surface area contributed by atoms with Gasteiger partial charge in [0.05, 0.1) is 6.61 Å². The monoisotopic (exact) mass is 204 g/mol. The summed E-state index contributed by atoms with van der Waals surface area (Å²) < 4.78 is 5.23. The molecule has 1 aromatic heterocycles. The van der Waals surface area contributed by atoms with Crippen molar-refractivity contribution >= 4 is 0 Å². The second kappa shape index (κ2) is 6.86. The highest BCUT2D eigenvalue weighted by molar-refractivity contribution is 5.33. The van der Waals surface area contributed by atoms with Gasteiger partial charge in [0.15, 0.2) is 0 Å². The molecule has 0 atom stereocenters. The Kier molecular flexibility index (Phi) is 5.28. The highest BCUT2D eigenvalue weighted by Crippen LogP contribution is 2.06. The van der Waals surface area contributed by atoms with Gasteiger partial charge in [0.1, 0.15) is 0 Å². The molecule has 3 nitrogen and oxygen atoms in total. The van der Waals surface area contributed by atoms with Crippen LogP contribution in [-0.4, -0.2) is 25.2 Å². The van der Waals surface area contributed by atoms with Crippen LogP contribution in [0.3, 0.4) is 0 Å². The second-order valence-electron chi connectivity index (χ2n) is 2.97. The summed E-state index contributed by atoms with van der Waals surface area (Å²) in [4.78, 5) is 4.13. The van der Waals surface area contributed by atoms with Crippen LogP contribution in [0.2, 0.25) is 0 Å². The molecule has 0 aliphatic heterocycles. The minimum Gasteiger partial charge on any atom is -0.478 e. The molecule has 0 aromatic carbocycles. The van der Waals surface area contributed by atoms with E-state index in [4.69, 9.17) is 4.74 Å². The van der Waals surface area contributed by atoms with Gasteiger partial charge in [0.25, 0.3) is 0 Å². The first-order valence-electron chi connectivity index (χ1n) is 5.09. The standard InChI is InChI=1S/C12H16N2O/c1-3-15-12-8-7-11(10-14-12)6-4-5-9-13-2/h7-8,10,13H,3,5,9H2,1-2H3. The number of aromatic nitrogens is 1. The average Bonchev–Trinajstić information content (AvgIpc) is 2.27. The minimum atomic E-state index is 0.639. The highest BCUT2D eigenvalue weighted by atomic mass is 16.5. The third-order valence-electron chi connectivity index (χ3n) is 1.76. The molecule has 0 radical (unpaired) electrons. The Morgan fingerprint density at radius 2 is 2.33 bits per heavy atom. The van der Waals surface area contributed by atoms with Gasteiger partial charge in [-0.1, -0.05) is 11.8 Å². The first-order valence-corrected chi connectivity index (χ1v) is 5.09. The summed E-state index contributed by atoms with van der Waals surface area (Å²) in [5.74, 6) is 6.75. The molecule has 3 heteroatoms. The summed E-state index contributed by atoms with van der Waals surface area (Å²) in [5, 5.41) is 3.04. The van der Waals surface area contributed by atoms with E-state index in [0.29, 0.717) is 12.5 Å². The number of ether oxygens (including phenoxy) is 1. The Morgan fingerprint density at radius 3 is 2.93 bits per heavy atom. The van der Waals surface area contributed by atoms with Crippen molar-refractivity contribution in [3.8, 4) is 17.7 Å². The molecule has 0 fully saturated rings. The second-order valence-corrected chi connectivity index (χ2v) is 2.97. The number of nitrogens with one attached hydrogen (secondary N) is 1. The van der Waals surface area contributed by atoms with E-state index in [1.165, 1.54) is 0 Å². The molecule has 1 aromatic rings. The molecule has 80 valence electrons. The number of hydrogen-bond donors (Lipinski definition) is 1. The van der Waals surface area contributed by atoms with Crippen LogP contribution in [0.4, 0.5) is 0 Å². The van der Waals surface area contributed by atoms with Crippen molar-refractivity contribution in [3.05, 3.63) is 23.9 Å². The molecule has 0 saturated carbocycles. The van der Waals surface area contributed by atoms with Crippen molar-refractivity contribution in [1.82, 2.24) is 10.3 Å². The van der Waals surface area contributed by atoms with Crippen molar-refractivity contribution in [2.45, 2.75) is 13.3 Å². The van der Waals surface area contributed by atoms with E-state index < -0.39 is 0 Å². The zero-order valence-corrected chi connectivity index (χ0v) is 9.21.